The van der Waals surface area contributed by atoms with Crippen LogP contribution in [-0.4, -0.2) is 34.9 Å². The van der Waals surface area contributed by atoms with Crippen LogP contribution in [0.1, 0.15) is 39.6 Å². The fourth-order valence-electron chi connectivity index (χ4n) is 2.12. The van der Waals surface area contributed by atoms with Crippen molar-refractivity contribution in [1.29, 1.82) is 0 Å². The van der Waals surface area contributed by atoms with E-state index in [0.717, 1.165) is 0 Å². The summed E-state index contributed by atoms with van der Waals surface area (Å²) in [4.78, 5) is 36.1. The average Bonchev–Trinajstić information content (AvgIpc) is 2.60. The Kier molecular flexibility index (Phi) is 3.24. The Morgan fingerprint density at radius 1 is 1.32 bits per heavy atom. The summed E-state index contributed by atoms with van der Waals surface area (Å²) in [5.74, 6) is -3.00. The lowest BCUT2D eigenvalue weighted by molar-refractivity contribution is -0.155. The Hall–Kier alpha value is -2.01. The van der Waals surface area contributed by atoms with Crippen molar-refractivity contribution in [3.63, 3.8) is 0 Å². The SMILES string of the molecule is CCCOC(=O)C1(O)C(=O)c2cccc(C)c2C1=O. The van der Waals surface area contributed by atoms with E-state index in [4.69, 9.17) is 4.74 Å². The van der Waals surface area contributed by atoms with Crippen molar-refractivity contribution in [3.8, 4) is 0 Å². The van der Waals surface area contributed by atoms with Crippen LogP contribution in [0.5, 0.6) is 0 Å². The molecule has 1 N–H and O–H groups in total. The standard InChI is InChI=1S/C14H14O5/c1-3-7-19-13(17)14(18)11(15)9-6-4-5-8(2)10(9)12(14)16/h4-6,18H,3,7H2,1-2H3. The maximum atomic E-state index is 12.2. The van der Waals surface area contributed by atoms with Gasteiger partial charge < -0.3 is 9.84 Å². The van der Waals surface area contributed by atoms with Crippen molar-refractivity contribution < 1.29 is 24.2 Å². The highest BCUT2D eigenvalue weighted by Crippen LogP contribution is 2.33. The molecular weight excluding hydrogens is 248 g/mol. The molecule has 0 radical (unpaired) electrons. The number of aryl methyl sites for hydroxylation is 1. The lowest BCUT2D eigenvalue weighted by Gasteiger charge is -2.16. The highest BCUT2D eigenvalue weighted by Gasteiger charge is 2.59. The number of Topliss-reactive ketones (excluding diaryl/α,β-unsaturated/α-hetero) is 2. The maximum absolute atomic E-state index is 12.2. The van der Waals surface area contributed by atoms with Crippen LogP contribution in [0.3, 0.4) is 0 Å². The molecule has 0 amide bonds. The van der Waals surface area contributed by atoms with Gasteiger partial charge in [0.05, 0.1) is 6.61 Å². The quantitative estimate of drug-likeness (QED) is 0.650. The summed E-state index contributed by atoms with van der Waals surface area (Å²) in [7, 11) is 0. The van der Waals surface area contributed by atoms with E-state index >= 15 is 0 Å². The zero-order valence-electron chi connectivity index (χ0n) is 10.7. The Morgan fingerprint density at radius 2 is 2.00 bits per heavy atom. The van der Waals surface area contributed by atoms with Crippen molar-refractivity contribution in [2.75, 3.05) is 6.61 Å². The number of carbonyl (C=O) groups is 3. The molecule has 0 saturated heterocycles. The van der Waals surface area contributed by atoms with Crippen LogP contribution in [0.15, 0.2) is 18.2 Å². The molecule has 1 aliphatic rings. The molecule has 1 unspecified atom stereocenters. The molecule has 0 heterocycles. The molecule has 0 aromatic heterocycles. The fraction of sp³-hybridized carbons (Fsp3) is 0.357. The summed E-state index contributed by atoms with van der Waals surface area (Å²) < 4.78 is 4.76. The topological polar surface area (TPSA) is 80.7 Å². The minimum Gasteiger partial charge on any atom is -0.463 e. The second-order valence-electron chi connectivity index (χ2n) is 4.50. The lowest BCUT2D eigenvalue weighted by atomic mass is 9.97. The molecule has 0 aliphatic heterocycles. The van der Waals surface area contributed by atoms with Crippen molar-refractivity contribution in [2.24, 2.45) is 0 Å². The van der Waals surface area contributed by atoms with Crippen LogP contribution < -0.4 is 0 Å². The molecule has 19 heavy (non-hydrogen) atoms. The molecule has 0 spiro atoms. The van der Waals surface area contributed by atoms with Gasteiger partial charge in [0, 0.05) is 11.1 Å². The molecule has 2 rings (SSSR count). The first-order valence-corrected chi connectivity index (χ1v) is 6.03. The number of benzene rings is 1. The van der Waals surface area contributed by atoms with E-state index in [1.54, 1.807) is 26.0 Å². The normalized spacial score (nSPS) is 21.4. The number of hydrogen-bond donors (Lipinski definition) is 1. The summed E-state index contributed by atoms with van der Waals surface area (Å²) in [5.41, 5.74) is -2.00. The third-order valence-electron chi connectivity index (χ3n) is 3.13. The first-order chi connectivity index (χ1) is 8.94. The maximum Gasteiger partial charge on any atom is 0.354 e. The number of carbonyl (C=O) groups excluding carboxylic acids is 3. The van der Waals surface area contributed by atoms with E-state index in [9.17, 15) is 19.5 Å². The highest BCUT2D eigenvalue weighted by atomic mass is 16.6. The van der Waals surface area contributed by atoms with Gasteiger partial charge in [-0.2, -0.15) is 0 Å². The Bertz CT molecular complexity index is 575. The smallest absolute Gasteiger partial charge is 0.354 e. The molecular formula is C14H14O5. The first kappa shape index (κ1) is 13.4. The Morgan fingerprint density at radius 3 is 2.58 bits per heavy atom. The summed E-state index contributed by atoms with van der Waals surface area (Å²) in [6.07, 6.45) is 0.538. The second-order valence-corrected chi connectivity index (χ2v) is 4.50. The van der Waals surface area contributed by atoms with Crippen LogP contribution in [0.25, 0.3) is 0 Å². The van der Waals surface area contributed by atoms with Crippen molar-refractivity contribution in [1.82, 2.24) is 0 Å². The van der Waals surface area contributed by atoms with Crippen molar-refractivity contribution >= 4 is 17.5 Å². The van der Waals surface area contributed by atoms with E-state index in [1.165, 1.54) is 6.07 Å². The number of fused-ring (bicyclic) bond motifs is 1. The third kappa shape index (κ3) is 1.77. The Balaban J connectivity index is 2.47. The first-order valence-electron chi connectivity index (χ1n) is 6.03. The van der Waals surface area contributed by atoms with Crippen LogP contribution in [0.2, 0.25) is 0 Å². The summed E-state index contributed by atoms with van der Waals surface area (Å²) in [5, 5.41) is 10.2. The molecule has 1 aromatic carbocycles. The predicted molar refractivity (Wildman–Crippen MR) is 66.0 cm³/mol. The molecule has 1 aromatic rings. The fourth-order valence-corrected chi connectivity index (χ4v) is 2.12. The summed E-state index contributed by atoms with van der Waals surface area (Å²) in [6, 6.07) is 4.67. The van der Waals surface area contributed by atoms with Crippen molar-refractivity contribution in [2.45, 2.75) is 25.9 Å². The van der Waals surface area contributed by atoms with Crippen LogP contribution in [0, 0.1) is 6.92 Å². The number of ketones is 2. The van der Waals surface area contributed by atoms with E-state index in [0.29, 0.717) is 12.0 Å². The number of aliphatic hydroxyl groups is 1. The number of rotatable bonds is 3. The molecule has 5 nitrogen and oxygen atoms in total. The largest absolute Gasteiger partial charge is 0.463 e. The van der Waals surface area contributed by atoms with Gasteiger partial charge in [0.2, 0.25) is 11.6 Å². The monoisotopic (exact) mass is 262 g/mol. The van der Waals surface area contributed by atoms with Crippen LogP contribution >= 0.6 is 0 Å². The lowest BCUT2D eigenvalue weighted by Crippen LogP contribution is -2.50. The number of ether oxygens (including phenoxy) is 1. The van der Waals surface area contributed by atoms with Crippen LogP contribution in [-0.2, 0) is 9.53 Å². The second kappa shape index (κ2) is 4.59. The highest BCUT2D eigenvalue weighted by molar-refractivity contribution is 6.41. The van der Waals surface area contributed by atoms with Gasteiger partial charge in [0.1, 0.15) is 0 Å². The zero-order valence-corrected chi connectivity index (χ0v) is 10.7. The van der Waals surface area contributed by atoms with Crippen molar-refractivity contribution in [3.05, 3.63) is 34.9 Å². The minimum atomic E-state index is -2.72. The Labute approximate surface area is 110 Å². The van der Waals surface area contributed by atoms with E-state index in [1.807, 2.05) is 0 Å². The van der Waals surface area contributed by atoms with Gasteiger partial charge in [-0.3, -0.25) is 9.59 Å². The van der Waals surface area contributed by atoms with Crippen LogP contribution in [0.4, 0.5) is 0 Å². The van der Waals surface area contributed by atoms with Gasteiger partial charge in [-0.25, -0.2) is 4.79 Å². The molecule has 5 heteroatoms. The predicted octanol–water partition coefficient (Wildman–Crippen LogP) is 1.06. The van der Waals surface area contributed by atoms with Gasteiger partial charge in [-0.05, 0) is 18.9 Å². The summed E-state index contributed by atoms with van der Waals surface area (Å²) >= 11 is 0. The van der Waals surface area contributed by atoms with Gasteiger partial charge >= 0.3 is 5.97 Å². The molecule has 1 atom stereocenters. The van der Waals surface area contributed by atoms with E-state index in [-0.39, 0.29) is 17.7 Å². The number of esters is 1. The number of hydrogen-bond acceptors (Lipinski definition) is 5. The van der Waals surface area contributed by atoms with E-state index < -0.39 is 23.1 Å². The molecule has 0 fully saturated rings. The van der Waals surface area contributed by atoms with E-state index in [2.05, 4.69) is 0 Å². The summed E-state index contributed by atoms with van der Waals surface area (Å²) in [6.45, 7) is 3.47. The zero-order chi connectivity index (χ0) is 14.2. The van der Waals surface area contributed by atoms with Gasteiger partial charge in [0.15, 0.2) is 0 Å². The third-order valence-corrected chi connectivity index (χ3v) is 3.13. The molecule has 0 saturated carbocycles. The molecule has 100 valence electrons. The van der Waals surface area contributed by atoms with Gasteiger partial charge in [-0.15, -0.1) is 0 Å². The van der Waals surface area contributed by atoms with Gasteiger partial charge in [0.25, 0.3) is 5.60 Å². The average molecular weight is 262 g/mol. The molecule has 1 aliphatic carbocycles. The minimum absolute atomic E-state index is 0.0526. The molecule has 0 bridgehead atoms. The van der Waals surface area contributed by atoms with Gasteiger partial charge in [-0.1, -0.05) is 25.1 Å².